The van der Waals surface area contributed by atoms with Gasteiger partial charge < -0.3 is 10.0 Å². The number of hydrogen-bond acceptors (Lipinski definition) is 4. The molecular weight excluding hydrogens is 279 g/mol. The molecule has 0 saturated heterocycles. The first kappa shape index (κ1) is 14.6. The Bertz CT molecular complexity index is 671. The Morgan fingerprint density at radius 1 is 1.43 bits per heavy atom. The Hall–Kier alpha value is -2.77. The average molecular weight is 292 g/mol. The van der Waals surface area contributed by atoms with Crippen LogP contribution in [0, 0.1) is 5.82 Å². The van der Waals surface area contributed by atoms with E-state index in [1.165, 1.54) is 23.2 Å². The standard InChI is InChI=1S/C13H13FN4O3/c1-17(6-9-3-2-4-10(14)5-9)12(19)8-18-7-11(13(20)21)15-16-18/h2-5,7H,6,8H2,1H3,(H,20,21). The van der Waals surface area contributed by atoms with Crippen LogP contribution in [0.25, 0.3) is 0 Å². The summed E-state index contributed by atoms with van der Waals surface area (Å²) in [6.45, 7) is 0.114. The third-order valence-electron chi connectivity index (χ3n) is 2.79. The summed E-state index contributed by atoms with van der Waals surface area (Å²) in [5.41, 5.74) is 0.436. The molecule has 1 aromatic heterocycles. The highest BCUT2D eigenvalue weighted by Crippen LogP contribution is 2.07. The van der Waals surface area contributed by atoms with Crippen molar-refractivity contribution in [1.82, 2.24) is 19.9 Å². The van der Waals surface area contributed by atoms with Crippen molar-refractivity contribution in [3.05, 3.63) is 47.5 Å². The van der Waals surface area contributed by atoms with Crippen molar-refractivity contribution in [3.8, 4) is 0 Å². The molecule has 0 aliphatic heterocycles. The van der Waals surface area contributed by atoms with Gasteiger partial charge in [-0.25, -0.2) is 13.9 Å². The second-order valence-electron chi connectivity index (χ2n) is 4.49. The highest BCUT2D eigenvalue weighted by molar-refractivity contribution is 5.84. The first-order valence-corrected chi connectivity index (χ1v) is 6.07. The SMILES string of the molecule is CN(Cc1cccc(F)c1)C(=O)Cn1cc(C(=O)O)nn1. The summed E-state index contributed by atoms with van der Waals surface area (Å²) in [6, 6.07) is 5.96. The number of carbonyl (C=O) groups is 2. The van der Waals surface area contributed by atoms with Crippen LogP contribution in [0.15, 0.2) is 30.5 Å². The number of carbonyl (C=O) groups excluding carboxylic acids is 1. The Morgan fingerprint density at radius 3 is 2.81 bits per heavy atom. The van der Waals surface area contributed by atoms with Crippen LogP contribution in [0.4, 0.5) is 4.39 Å². The Kier molecular flexibility index (Phi) is 4.27. The maximum absolute atomic E-state index is 13.1. The van der Waals surface area contributed by atoms with Crippen molar-refractivity contribution in [2.24, 2.45) is 0 Å². The summed E-state index contributed by atoms with van der Waals surface area (Å²) in [6.07, 6.45) is 1.18. The monoisotopic (exact) mass is 292 g/mol. The lowest BCUT2D eigenvalue weighted by molar-refractivity contribution is -0.131. The minimum Gasteiger partial charge on any atom is -0.476 e. The number of amides is 1. The predicted molar refractivity (Wildman–Crippen MR) is 69.9 cm³/mol. The smallest absolute Gasteiger partial charge is 0.358 e. The highest BCUT2D eigenvalue weighted by Gasteiger charge is 2.14. The quantitative estimate of drug-likeness (QED) is 0.879. The summed E-state index contributed by atoms with van der Waals surface area (Å²) in [7, 11) is 1.57. The van der Waals surface area contributed by atoms with E-state index in [1.54, 1.807) is 19.2 Å². The second-order valence-corrected chi connectivity index (χ2v) is 4.49. The molecular formula is C13H13FN4O3. The number of halogens is 1. The molecule has 0 spiro atoms. The number of rotatable bonds is 5. The maximum atomic E-state index is 13.1. The van der Waals surface area contributed by atoms with Crippen molar-refractivity contribution in [2.45, 2.75) is 13.1 Å². The van der Waals surface area contributed by atoms with Gasteiger partial charge in [0.2, 0.25) is 5.91 Å². The van der Waals surface area contributed by atoms with Crippen molar-refractivity contribution < 1.29 is 19.1 Å². The molecule has 8 heteroatoms. The van der Waals surface area contributed by atoms with Crippen LogP contribution >= 0.6 is 0 Å². The van der Waals surface area contributed by atoms with E-state index in [0.29, 0.717) is 5.56 Å². The highest BCUT2D eigenvalue weighted by atomic mass is 19.1. The lowest BCUT2D eigenvalue weighted by Gasteiger charge is -2.17. The molecule has 2 rings (SSSR count). The van der Waals surface area contributed by atoms with Crippen LogP contribution in [0.1, 0.15) is 16.1 Å². The predicted octanol–water partition coefficient (Wildman–Crippen LogP) is 0.774. The topological polar surface area (TPSA) is 88.3 Å². The normalized spacial score (nSPS) is 10.4. The molecule has 1 heterocycles. The third-order valence-corrected chi connectivity index (χ3v) is 2.79. The first-order valence-electron chi connectivity index (χ1n) is 6.07. The van der Waals surface area contributed by atoms with Crippen molar-refractivity contribution >= 4 is 11.9 Å². The molecule has 0 radical (unpaired) electrons. The number of carboxylic acid groups (broad SMARTS) is 1. The van der Waals surface area contributed by atoms with Gasteiger partial charge in [0.05, 0.1) is 6.20 Å². The van der Waals surface area contributed by atoms with Crippen LogP contribution in [-0.2, 0) is 17.9 Å². The fraction of sp³-hybridized carbons (Fsp3) is 0.231. The van der Waals surface area contributed by atoms with Crippen LogP contribution in [0.3, 0.4) is 0 Å². The zero-order valence-electron chi connectivity index (χ0n) is 11.2. The molecule has 0 aliphatic rings. The van der Waals surface area contributed by atoms with Gasteiger partial charge in [-0.05, 0) is 17.7 Å². The summed E-state index contributed by atoms with van der Waals surface area (Å²) >= 11 is 0. The fourth-order valence-corrected chi connectivity index (χ4v) is 1.73. The number of nitrogens with zero attached hydrogens (tertiary/aromatic N) is 4. The van der Waals surface area contributed by atoms with E-state index < -0.39 is 5.97 Å². The maximum Gasteiger partial charge on any atom is 0.358 e. The Balaban J connectivity index is 1.97. The van der Waals surface area contributed by atoms with Gasteiger partial charge in [-0.2, -0.15) is 0 Å². The van der Waals surface area contributed by atoms with E-state index in [2.05, 4.69) is 10.3 Å². The van der Waals surface area contributed by atoms with Gasteiger partial charge in [-0.3, -0.25) is 4.79 Å². The van der Waals surface area contributed by atoms with E-state index >= 15 is 0 Å². The van der Waals surface area contributed by atoms with Gasteiger partial charge in [0.15, 0.2) is 5.69 Å². The van der Waals surface area contributed by atoms with Crippen LogP contribution in [0.2, 0.25) is 0 Å². The Morgan fingerprint density at radius 2 is 2.19 bits per heavy atom. The second kappa shape index (κ2) is 6.12. The molecule has 1 N–H and O–H groups in total. The Labute approximate surface area is 119 Å². The number of aromatic nitrogens is 3. The minimum atomic E-state index is -1.21. The number of aromatic carboxylic acids is 1. The molecule has 0 aliphatic carbocycles. The molecule has 0 saturated carbocycles. The van der Waals surface area contributed by atoms with Crippen LogP contribution in [-0.4, -0.2) is 43.9 Å². The van der Waals surface area contributed by atoms with E-state index in [1.807, 2.05) is 0 Å². The zero-order chi connectivity index (χ0) is 15.4. The average Bonchev–Trinajstić information content (AvgIpc) is 2.87. The summed E-state index contributed by atoms with van der Waals surface area (Å²) in [4.78, 5) is 24.0. The summed E-state index contributed by atoms with van der Waals surface area (Å²) in [5.74, 6) is -1.86. The summed E-state index contributed by atoms with van der Waals surface area (Å²) in [5, 5.41) is 15.7. The van der Waals surface area contributed by atoms with Gasteiger partial charge in [-0.15, -0.1) is 5.10 Å². The zero-order valence-corrected chi connectivity index (χ0v) is 11.2. The molecule has 0 fully saturated rings. The van der Waals surface area contributed by atoms with Crippen molar-refractivity contribution in [3.63, 3.8) is 0 Å². The van der Waals surface area contributed by atoms with Crippen molar-refractivity contribution in [2.75, 3.05) is 7.05 Å². The van der Waals surface area contributed by atoms with Crippen LogP contribution < -0.4 is 0 Å². The number of carboxylic acids is 1. The number of hydrogen-bond donors (Lipinski definition) is 1. The molecule has 0 bridgehead atoms. The van der Waals surface area contributed by atoms with E-state index in [0.717, 1.165) is 4.68 Å². The van der Waals surface area contributed by atoms with E-state index in [9.17, 15) is 14.0 Å². The number of likely N-dealkylation sites (N-methyl/N-ethyl adjacent to an activating group) is 1. The summed E-state index contributed by atoms with van der Waals surface area (Å²) < 4.78 is 14.2. The molecule has 7 nitrogen and oxygen atoms in total. The fourth-order valence-electron chi connectivity index (χ4n) is 1.73. The van der Waals surface area contributed by atoms with Gasteiger partial charge in [-0.1, -0.05) is 17.3 Å². The van der Waals surface area contributed by atoms with Crippen molar-refractivity contribution in [1.29, 1.82) is 0 Å². The number of benzene rings is 1. The molecule has 1 amide bonds. The molecule has 1 aromatic carbocycles. The molecule has 0 unspecified atom stereocenters. The van der Waals surface area contributed by atoms with E-state index in [4.69, 9.17) is 5.11 Å². The molecule has 2 aromatic rings. The molecule has 0 atom stereocenters. The van der Waals surface area contributed by atoms with E-state index in [-0.39, 0.29) is 30.5 Å². The van der Waals surface area contributed by atoms with Crippen LogP contribution in [0.5, 0.6) is 0 Å². The largest absolute Gasteiger partial charge is 0.476 e. The van der Waals surface area contributed by atoms with Gasteiger partial charge in [0.25, 0.3) is 0 Å². The third kappa shape index (κ3) is 3.85. The minimum absolute atomic E-state index is 0.133. The van der Waals surface area contributed by atoms with Gasteiger partial charge in [0.1, 0.15) is 12.4 Å². The van der Waals surface area contributed by atoms with Gasteiger partial charge >= 0.3 is 5.97 Å². The molecule has 110 valence electrons. The lowest BCUT2D eigenvalue weighted by atomic mass is 10.2. The first-order chi connectivity index (χ1) is 9.95. The molecule has 21 heavy (non-hydrogen) atoms. The lowest BCUT2D eigenvalue weighted by Crippen LogP contribution is -2.30. The van der Waals surface area contributed by atoms with Gasteiger partial charge in [0, 0.05) is 13.6 Å².